The zero-order valence-corrected chi connectivity index (χ0v) is 18.8. The molecule has 0 radical (unpaired) electrons. The SMILES string of the molecule is CCCc1cc(C(=N)C(F)(F)F)c(O)c(CCC)c1OC(C=O)c1ccccc1.COC. The minimum absolute atomic E-state index is 0.185. The van der Waals surface area contributed by atoms with Crippen molar-refractivity contribution >= 4 is 12.0 Å². The van der Waals surface area contributed by atoms with Crippen LogP contribution in [-0.2, 0) is 22.4 Å². The Morgan fingerprint density at radius 2 is 1.69 bits per heavy atom. The van der Waals surface area contributed by atoms with Crippen molar-refractivity contribution in [1.29, 1.82) is 5.41 Å². The molecule has 2 aromatic carbocycles. The number of nitrogens with one attached hydrogen (secondary N) is 1. The summed E-state index contributed by atoms with van der Waals surface area (Å²) in [5, 5.41) is 18.1. The molecule has 5 nitrogen and oxygen atoms in total. The lowest BCUT2D eigenvalue weighted by molar-refractivity contribution is -0.114. The number of alkyl halides is 3. The quantitative estimate of drug-likeness (QED) is 0.371. The second-order valence-electron chi connectivity index (χ2n) is 7.11. The minimum atomic E-state index is -4.89. The Kier molecular flexibility index (Phi) is 10.9. The van der Waals surface area contributed by atoms with E-state index in [0.717, 1.165) is 6.07 Å². The second-order valence-corrected chi connectivity index (χ2v) is 7.11. The highest BCUT2D eigenvalue weighted by atomic mass is 19.4. The molecule has 2 N–H and O–H groups in total. The van der Waals surface area contributed by atoms with E-state index in [1.54, 1.807) is 44.6 Å². The number of hydrogen-bond donors (Lipinski definition) is 2. The molecule has 1 atom stereocenters. The van der Waals surface area contributed by atoms with E-state index in [2.05, 4.69) is 4.74 Å². The first-order valence-electron chi connectivity index (χ1n) is 10.3. The summed E-state index contributed by atoms with van der Waals surface area (Å²) in [5.41, 5.74) is -0.963. The van der Waals surface area contributed by atoms with Gasteiger partial charge in [0.1, 0.15) is 17.2 Å². The van der Waals surface area contributed by atoms with Crippen LogP contribution in [0.5, 0.6) is 11.5 Å². The van der Waals surface area contributed by atoms with Crippen LogP contribution in [0, 0.1) is 5.41 Å². The van der Waals surface area contributed by atoms with Gasteiger partial charge in [0.2, 0.25) is 0 Å². The molecule has 0 bridgehead atoms. The smallest absolute Gasteiger partial charge is 0.433 e. The number of aromatic hydroxyl groups is 1. The molecule has 0 amide bonds. The van der Waals surface area contributed by atoms with E-state index < -0.39 is 29.3 Å². The Morgan fingerprint density at radius 1 is 1.12 bits per heavy atom. The van der Waals surface area contributed by atoms with E-state index in [1.807, 2.05) is 13.8 Å². The molecule has 0 aliphatic heterocycles. The Hall–Kier alpha value is -2.87. The van der Waals surface area contributed by atoms with Crippen LogP contribution >= 0.6 is 0 Å². The largest absolute Gasteiger partial charge is 0.507 e. The molecule has 176 valence electrons. The number of hydrogen-bond acceptors (Lipinski definition) is 5. The summed E-state index contributed by atoms with van der Waals surface area (Å²) in [6.45, 7) is 3.68. The predicted octanol–water partition coefficient (Wildman–Crippen LogP) is 5.81. The molecule has 0 saturated heterocycles. The highest BCUT2D eigenvalue weighted by Crippen LogP contribution is 2.40. The fourth-order valence-corrected chi connectivity index (χ4v) is 3.14. The fourth-order valence-electron chi connectivity index (χ4n) is 3.14. The first kappa shape index (κ1) is 27.2. The molecule has 0 aromatic heterocycles. The zero-order chi connectivity index (χ0) is 24.3. The zero-order valence-electron chi connectivity index (χ0n) is 18.8. The first-order valence-corrected chi connectivity index (χ1v) is 10.3. The maximum absolute atomic E-state index is 13.1. The Bertz CT molecular complexity index is 883. The number of aldehydes is 1. The number of ether oxygens (including phenoxy) is 2. The number of carbonyl (C=O) groups is 1. The number of aryl methyl sites for hydroxylation is 1. The molecule has 2 aromatic rings. The van der Waals surface area contributed by atoms with Crippen LogP contribution in [0.2, 0.25) is 0 Å². The highest BCUT2D eigenvalue weighted by Gasteiger charge is 2.38. The van der Waals surface area contributed by atoms with Crippen LogP contribution in [0.1, 0.15) is 55.0 Å². The van der Waals surface area contributed by atoms with E-state index in [4.69, 9.17) is 10.1 Å². The Morgan fingerprint density at radius 3 is 2.16 bits per heavy atom. The van der Waals surface area contributed by atoms with Crippen LogP contribution < -0.4 is 4.74 Å². The van der Waals surface area contributed by atoms with Crippen LogP contribution in [0.4, 0.5) is 13.2 Å². The standard InChI is InChI=1S/C22H24F3NO3.C2H6O/c1-3-8-15-12-17(21(26)22(23,24)25)19(28)16(9-4-2)20(15)29-18(13-27)14-10-6-5-7-11-14;1-3-2/h5-7,10-13,18,26,28H,3-4,8-9H2,1-2H3;1-2H3. The van der Waals surface area contributed by atoms with Crippen LogP contribution in [0.3, 0.4) is 0 Å². The molecule has 0 heterocycles. The summed E-state index contributed by atoms with van der Waals surface area (Å²) in [4.78, 5) is 11.7. The molecule has 0 spiro atoms. The molecule has 0 aliphatic rings. The maximum Gasteiger partial charge on any atom is 0.433 e. The molecule has 0 saturated carbocycles. The number of phenolic OH excluding ortho intramolecular Hbond substituents is 1. The van der Waals surface area contributed by atoms with Crippen molar-refractivity contribution in [3.63, 3.8) is 0 Å². The summed E-state index contributed by atoms with van der Waals surface area (Å²) < 4.78 is 49.6. The monoisotopic (exact) mass is 453 g/mol. The van der Waals surface area contributed by atoms with Gasteiger partial charge in [0.05, 0.1) is 0 Å². The second kappa shape index (κ2) is 12.9. The van der Waals surface area contributed by atoms with Crippen molar-refractivity contribution in [2.75, 3.05) is 14.2 Å². The topological polar surface area (TPSA) is 79.6 Å². The lowest BCUT2D eigenvalue weighted by atomic mass is 9.94. The van der Waals surface area contributed by atoms with E-state index in [0.29, 0.717) is 36.7 Å². The maximum atomic E-state index is 13.1. The Balaban J connectivity index is 0.00000161. The molecule has 2 rings (SSSR count). The van der Waals surface area contributed by atoms with E-state index in [1.165, 1.54) is 0 Å². The molecular formula is C24H30F3NO4. The lowest BCUT2D eigenvalue weighted by Crippen LogP contribution is -2.24. The van der Waals surface area contributed by atoms with Gasteiger partial charge in [-0.1, -0.05) is 57.0 Å². The summed E-state index contributed by atoms with van der Waals surface area (Å²) in [6.07, 6.45) is -3.46. The van der Waals surface area contributed by atoms with E-state index >= 15 is 0 Å². The lowest BCUT2D eigenvalue weighted by Gasteiger charge is -2.23. The predicted molar refractivity (Wildman–Crippen MR) is 118 cm³/mol. The van der Waals surface area contributed by atoms with Gasteiger partial charge in [0.25, 0.3) is 0 Å². The summed E-state index contributed by atoms with van der Waals surface area (Å²) in [6, 6.07) is 9.87. The van der Waals surface area contributed by atoms with Crippen molar-refractivity contribution in [2.45, 2.75) is 51.8 Å². The normalized spacial score (nSPS) is 11.8. The van der Waals surface area contributed by atoms with Gasteiger partial charge in [-0.3, -0.25) is 10.2 Å². The number of benzene rings is 2. The van der Waals surface area contributed by atoms with Crippen molar-refractivity contribution < 1.29 is 32.5 Å². The van der Waals surface area contributed by atoms with E-state index in [-0.39, 0.29) is 17.7 Å². The van der Waals surface area contributed by atoms with Gasteiger partial charge in [-0.2, -0.15) is 13.2 Å². The van der Waals surface area contributed by atoms with Gasteiger partial charge in [-0.15, -0.1) is 0 Å². The average Bonchev–Trinajstić information content (AvgIpc) is 2.75. The molecule has 32 heavy (non-hydrogen) atoms. The van der Waals surface area contributed by atoms with Crippen LogP contribution in [0.15, 0.2) is 36.4 Å². The Labute approximate surface area is 186 Å². The van der Waals surface area contributed by atoms with Crippen molar-refractivity contribution in [2.24, 2.45) is 0 Å². The van der Waals surface area contributed by atoms with Gasteiger partial charge < -0.3 is 14.6 Å². The first-order chi connectivity index (χ1) is 15.2. The number of methoxy groups -OCH3 is 1. The highest BCUT2D eigenvalue weighted by molar-refractivity contribution is 6.05. The molecule has 0 aliphatic carbocycles. The number of carbonyl (C=O) groups excluding carboxylic acids is 1. The number of rotatable bonds is 9. The van der Waals surface area contributed by atoms with Crippen LogP contribution in [-0.4, -0.2) is 37.5 Å². The third kappa shape index (κ3) is 7.09. The third-order valence-corrected chi connectivity index (χ3v) is 4.49. The summed E-state index contributed by atoms with van der Waals surface area (Å²) in [7, 11) is 3.25. The third-order valence-electron chi connectivity index (χ3n) is 4.49. The van der Waals surface area contributed by atoms with Gasteiger partial charge in [0, 0.05) is 25.3 Å². The number of halogens is 3. The minimum Gasteiger partial charge on any atom is -0.507 e. The summed E-state index contributed by atoms with van der Waals surface area (Å²) in [5.74, 6) is -0.410. The van der Waals surface area contributed by atoms with Gasteiger partial charge in [-0.25, -0.2) is 0 Å². The van der Waals surface area contributed by atoms with Gasteiger partial charge >= 0.3 is 6.18 Å². The molecule has 1 unspecified atom stereocenters. The summed E-state index contributed by atoms with van der Waals surface area (Å²) >= 11 is 0. The van der Waals surface area contributed by atoms with Crippen molar-refractivity contribution in [3.8, 4) is 11.5 Å². The average molecular weight is 454 g/mol. The van der Waals surface area contributed by atoms with Crippen LogP contribution in [0.25, 0.3) is 0 Å². The fraction of sp³-hybridized carbons (Fsp3) is 0.417. The van der Waals surface area contributed by atoms with Crippen molar-refractivity contribution in [3.05, 3.63) is 58.7 Å². The van der Waals surface area contributed by atoms with E-state index in [9.17, 15) is 23.1 Å². The van der Waals surface area contributed by atoms with Crippen molar-refractivity contribution in [1.82, 2.24) is 0 Å². The van der Waals surface area contributed by atoms with Gasteiger partial charge in [0.15, 0.2) is 12.4 Å². The number of phenols is 1. The molecule has 0 fully saturated rings. The van der Waals surface area contributed by atoms with Gasteiger partial charge in [-0.05, 0) is 30.0 Å². The molecule has 8 heteroatoms. The molecular weight excluding hydrogens is 423 g/mol.